The minimum absolute atomic E-state index is 0.0336. The molecule has 2 amide bonds. The second-order valence-corrected chi connectivity index (χ2v) is 11.2. The van der Waals surface area contributed by atoms with Gasteiger partial charge in [-0.15, -0.1) is 0 Å². The summed E-state index contributed by atoms with van der Waals surface area (Å²) in [4.78, 5) is 26.4. The summed E-state index contributed by atoms with van der Waals surface area (Å²) in [6.07, 6.45) is 8.59. The van der Waals surface area contributed by atoms with Crippen molar-refractivity contribution in [3.05, 3.63) is 99.1 Å². The summed E-state index contributed by atoms with van der Waals surface area (Å²) in [6.45, 7) is 11.1. The van der Waals surface area contributed by atoms with Crippen LogP contribution in [0.2, 0.25) is 0 Å². The van der Waals surface area contributed by atoms with E-state index in [0.717, 1.165) is 34.5 Å². The van der Waals surface area contributed by atoms with Crippen molar-refractivity contribution in [1.29, 1.82) is 0 Å². The number of nitrogens with one attached hydrogen (secondary N) is 1. The van der Waals surface area contributed by atoms with E-state index in [2.05, 4.69) is 70.3 Å². The van der Waals surface area contributed by atoms with Crippen molar-refractivity contribution in [3.8, 4) is 0 Å². The SMILES string of the molecule is CCCCCCCCc1ccc(N(Cc2ccc([N+](=O)[O-])cc2)C(=O)Nc2c(C(C)C)cccc2C(C)C)cc1. The first-order valence-electron chi connectivity index (χ1n) is 14.7. The van der Waals surface area contributed by atoms with Crippen molar-refractivity contribution in [2.75, 3.05) is 10.2 Å². The second kappa shape index (κ2) is 15.2. The molecule has 3 aromatic carbocycles. The fraction of sp³-hybridized carbons (Fsp3) is 0.441. The van der Waals surface area contributed by atoms with Gasteiger partial charge in [0.1, 0.15) is 0 Å². The number of nitro groups is 1. The van der Waals surface area contributed by atoms with Crippen LogP contribution in [0.1, 0.15) is 107 Å². The lowest BCUT2D eigenvalue weighted by atomic mass is 9.93. The zero-order valence-electron chi connectivity index (χ0n) is 24.8. The van der Waals surface area contributed by atoms with E-state index in [1.165, 1.54) is 56.2 Å². The molecule has 0 bridgehead atoms. The molecule has 0 fully saturated rings. The van der Waals surface area contributed by atoms with Gasteiger partial charge in [-0.25, -0.2) is 4.79 Å². The molecule has 1 N–H and O–H groups in total. The predicted molar refractivity (Wildman–Crippen MR) is 166 cm³/mol. The molecule has 0 aliphatic carbocycles. The zero-order valence-corrected chi connectivity index (χ0v) is 24.8. The molecule has 3 aromatic rings. The molecule has 0 atom stereocenters. The number of rotatable bonds is 14. The van der Waals surface area contributed by atoms with E-state index in [9.17, 15) is 14.9 Å². The maximum absolute atomic E-state index is 13.9. The lowest BCUT2D eigenvalue weighted by molar-refractivity contribution is -0.384. The van der Waals surface area contributed by atoms with Gasteiger partial charge in [0, 0.05) is 23.5 Å². The third kappa shape index (κ3) is 8.67. The van der Waals surface area contributed by atoms with Crippen molar-refractivity contribution < 1.29 is 9.72 Å². The Balaban J connectivity index is 1.86. The predicted octanol–water partition coefficient (Wildman–Crippen LogP) is 9.98. The van der Waals surface area contributed by atoms with E-state index in [0.29, 0.717) is 6.54 Å². The topological polar surface area (TPSA) is 75.5 Å². The Morgan fingerprint density at radius 1 is 0.800 bits per heavy atom. The maximum atomic E-state index is 13.9. The fourth-order valence-corrected chi connectivity index (χ4v) is 5.01. The number of non-ortho nitro benzene ring substituents is 1. The highest BCUT2D eigenvalue weighted by molar-refractivity contribution is 6.02. The largest absolute Gasteiger partial charge is 0.326 e. The van der Waals surface area contributed by atoms with Gasteiger partial charge in [-0.2, -0.15) is 0 Å². The van der Waals surface area contributed by atoms with Crippen LogP contribution in [0.3, 0.4) is 0 Å². The number of hydrogen-bond donors (Lipinski definition) is 1. The smallest absolute Gasteiger partial charge is 0.307 e. The van der Waals surface area contributed by atoms with Crippen LogP contribution in [0.5, 0.6) is 0 Å². The standard InChI is InChI=1S/C34H45N3O3/c1-6-7-8-9-10-11-13-27-16-20-29(21-17-27)36(24-28-18-22-30(23-19-28)37(39)40)34(38)35-33-31(25(2)3)14-12-15-32(33)26(4)5/h12,14-23,25-26H,6-11,13,24H2,1-5H3,(H,35,38). The lowest BCUT2D eigenvalue weighted by Gasteiger charge is -2.26. The molecule has 0 spiro atoms. The molecule has 0 radical (unpaired) electrons. The van der Waals surface area contributed by atoms with Gasteiger partial charge in [0.15, 0.2) is 0 Å². The first-order chi connectivity index (χ1) is 19.2. The molecule has 0 aliphatic rings. The molecular formula is C34H45N3O3. The van der Waals surface area contributed by atoms with Gasteiger partial charge in [0.05, 0.1) is 11.5 Å². The number of benzene rings is 3. The first-order valence-corrected chi connectivity index (χ1v) is 14.7. The quantitative estimate of drug-likeness (QED) is 0.125. The van der Waals surface area contributed by atoms with Crippen LogP contribution in [-0.2, 0) is 13.0 Å². The lowest BCUT2D eigenvalue weighted by Crippen LogP contribution is -2.35. The summed E-state index contributed by atoms with van der Waals surface area (Å²) in [5.74, 6) is 0.497. The van der Waals surface area contributed by atoms with Gasteiger partial charge >= 0.3 is 6.03 Å². The average Bonchev–Trinajstić information content (AvgIpc) is 2.94. The number of nitrogens with zero attached hydrogens (tertiary/aromatic N) is 2. The Morgan fingerprint density at radius 3 is 1.90 bits per heavy atom. The summed E-state index contributed by atoms with van der Waals surface area (Å²) >= 11 is 0. The molecule has 214 valence electrons. The molecule has 6 heteroatoms. The second-order valence-electron chi connectivity index (χ2n) is 11.2. The number of urea groups is 1. The highest BCUT2D eigenvalue weighted by Crippen LogP contribution is 2.33. The van der Waals surface area contributed by atoms with Crippen LogP contribution in [0.4, 0.5) is 21.9 Å². The fourth-order valence-electron chi connectivity index (χ4n) is 5.01. The highest BCUT2D eigenvalue weighted by Gasteiger charge is 2.21. The number of carbonyl (C=O) groups is 1. The average molecular weight is 544 g/mol. The van der Waals surface area contributed by atoms with Gasteiger partial charge < -0.3 is 5.32 Å². The number of unbranched alkanes of at least 4 members (excludes halogenated alkanes) is 5. The third-order valence-electron chi connectivity index (χ3n) is 7.40. The van der Waals surface area contributed by atoms with E-state index in [1.807, 2.05) is 12.1 Å². The normalized spacial score (nSPS) is 11.2. The van der Waals surface area contributed by atoms with Crippen molar-refractivity contribution in [1.82, 2.24) is 0 Å². The number of nitro benzene ring substituents is 1. The van der Waals surface area contributed by atoms with Crippen molar-refractivity contribution in [3.63, 3.8) is 0 Å². The van der Waals surface area contributed by atoms with Gasteiger partial charge in [-0.3, -0.25) is 15.0 Å². The van der Waals surface area contributed by atoms with Crippen molar-refractivity contribution in [2.24, 2.45) is 0 Å². The Morgan fingerprint density at radius 2 is 1.35 bits per heavy atom. The number of hydrogen-bond acceptors (Lipinski definition) is 3. The maximum Gasteiger partial charge on any atom is 0.326 e. The number of carbonyl (C=O) groups excluding carboxylic acids is 1. The Kier molecular flexibility index (Phi) is 11.7. The van der Waals surface area contributed by atoms with Gasteiger partial charge in [-0.1, -0.05) is 109 Å². The zero-order chi connectivity index (χ0) is 29.1. The van der Waals surface area contributed by atoms with Gasteiger partial charge in [0.25, 0.3) is 5.69 Å². The van der Waals surface area contributed by atoms with Crippen LogP contribution in [0.25, 0.3) is 0 Å². The molecule has 6 nitrogen and oxygen atoms in total. The summed E-state index contributed by atoms with van der Waals surface area (Å²) in [6, 6.07) is 20.6. The summed E-state index contributed by atoms with van der Waals surface area (Å²) in [7, 11) is 0. The molecule has 0 saturated heterocycles. The van der Waals surface area contributed by atoms with E-state index in [-0.39, 0.29) is 23.6 Å². The van der Waals surface area contributed by atoms with Crippen molar-refractivity contribution in [2.45, 2.75) is 97.9 Å². The molecule has 0 unspecified atom stereocenters. The Labute approximate surface area is 240 Å². The minimum atomic E-state index is -0.410. The molecule has 0 aromatic heterocycles. The van der Waals surface area contributed by atoms with Crippen LogP contribution in [0, 0.1) is 10.1 Å². The summed E-state index contributed by atoms with van der Waals surface area (Å²) < 4.78 is 0. The number of anilines is 2. The van der Waals surface area contributed by atoms with E-state index in [4.69, 9.17) is 0 Å². The summed E-state index contributed by atoms with van der Waals surface area (Å²) in [5.41, 5.74) is 5.97. The van der Waals surface area contributed by atoms with Crippen LogP contribution >= 0.6 is 0 Å². The van der Waals surface area contributed by atoms with Crippen LogP contribution in [-0.4, -0.2) is 11.0 Å². The van der Waals surface area contributed by atoms with Crippen LogP contribution < -0.4 is 10.2 Å². The molecule has 0 saturated carbocycles. The monoisotopic (exact) mass is 543 g/mol. The first kappa shape index (κ1) is 30.9. The van der Waals surface area contributed by atoms with E-state index in [1.54, 1.807) is 17.0 Å². The number of para-hydroxylation sites is 1. The Bertz CT molecular complexity index is 1210. The Hall–Kier alpha value is -3.67. The van der Waals surface area contributed by atoms with E-state index >= 15 is 0 Å². The molecule has 0 aliphatic heterocycles. The van der Waals surface area contributed by atoms with Gasteiger partial charge in [-0.05, 0) is 59.1 Å². The highest BCUT2D eigenvalue weighted by atomic mass is 16.6. The molecule has 40 heavy (non-hydrogen) atoms. The number of amides is 2. The van der Waals surface area contributed by atoms with Gasteiger partial charge in [0.2, 0.25) is 0 Å². The third-order valence-corrected chi connectivity index (χ3v) is 7.40. The molecule has 0 heterocycles. The minimum Gasteiger partial charge on any atom is -0.307 e. The van der Waals surface area contributed by atoms with Crippen LogP contribution in [0.15, 0.2) is 66.7 Å². The van der Waals surface area contributed by atoms with Crippen molar-refractivity contribution >= 4 is 23.1 Å². The molecular weight excluding hydrogens is 498 g/mol. The molecule has 3 rings (SSSR count). The summed E-state index contributed by atoms with van der Waals surface area (Å²) in [5, 5.41) is 14.4. The number of aryl methyl sites for hydroxylation is 1. The van der Waals surface area contributed by atoms with E-state index < -0.39 is 4.92 Å².